The Kier molecular flexibility index (Phi) is 2.84. The van der Waals surface area contributed by atoms with Crippen molar-refractivity contribution in [3.8, 4) is 0 Å². The van der Waals surface area contributed by atoms with E-state index < -0.39 is 11.9 Å². The zero-order chi connectivity index (χ0) is 13.6. The summed E-state index contributed by atoms with van der Waals surface area (Å²) in [7, 11) is 1.85. The fourth-order valence-electron chi connectivity index (χ4n) is 2.60. The highest BCUT2D eigenvalue weighted by Crippen LogP contribution is 2.30. The van der Waals surface area contributed by atoms with Crippen LogP contribution in [0, 0.1) is 20.8 Å². The van der Waals surface area contributed by atoms with E-state index in [9.17, 15) is 9.90 Å². The summed E-state index contributed by atoms with van der Waals surface area (Å²) in [6, 6.07) is 0. The van der Waals surface area contributed by atoms with Gasteiger partial charge in [0.15, 0.2) is 5.65 Å². The largest absolute Gasteiger partial charge is 0.481 e. The molecule has 0 aromatic carbocycles. The van der Waals surface area contributed by atoms with E-state index in [0.29, 0.717) is 0 Å². The summed E-state index contributed by atoms with van der Waals surface area (Å²) in [5.74, 6) is -1.38. The van der Waals surface area contributed by atoms with Gasteiger partial charge in [-0.2, -0.15) is 5.10 Å². The maximum atomic E-state index is 11.2. The first-order chi connectivity index (χ1) is 8.34. The van der Waals surface area contributed by atoms with Gasteiger partial charge in [-0.25, -0.2) is 4.98 Å². The Morgan fingerprint density at radius 2 is 1.89 bits per heavy atom. The van der Waals surface area contributed by atoms with E-state index in [-0.39, 0.29) is 0 Å². The van der Waals surface area contributed by atoms with Gasteiger partial charge in [0.2, 0.25) is 0 Å². The van der Waals surface area contributed by atoms with Gasteiger partial charge in [0.1, 0.15) is 0 Å². The van der Waals surface area contributed by atoms with Crippen molar-refractivity contribution in [3.05, 3.63) is 22.5 Å². The molecular formula is C13H17N3O2. The minimum absolute atomic E-state index is 0.554. The second kappa shape index (κ2) is 4.08. The average Bonchev–Trinajstić information content (AvgIpc) is 2.53. The maximum absolute atomic E-state index is 11.2. The number of carboxylic acids is 1. The molecule has 5 nitrogen and oxygen atoms in total. The van der Waals surface area contributed by atoms with Crippen LogP contribution in [0.3, 0.4) is 0 Å². The van der Waals surface area contributed by atoms with Crippen LogP contribution in [0.2, 0.25) is 0 Å². The van der Waals surface area contributed by atoms with E-state index in [2.05, 4.69) is 10.1 Å². The number of aromatic nitrogens is 3. The molecule has 2 rings (SSSR count). The normalized spacial score (nSPS) is 12.9. The lowest BCUT2D eigenvalue weighted by Crippen LogP contribution is -2.12. The summed E-state index contributed by atoms with van der Waals surface area (Å²) in [5.41, 5.74) is 4.22. The molecule has 1 atom stereocenters. The molecular weight excluding hydrogens is 230 g/mol. The number of carboxylic acid groups (broad SMARTS) is 1. The van der Waals surface area contributed by atoms with E-state index >= 15 is 0 Å². The van der Waals surface area contributed by atoms with Gasteiger partial charge in [0.05, 0.1) is 11.6 Å². The number of hydrogen-bond acceptors (Lipinski definition) is 3. The quantitative estimate of drug-likeness (QED) is 0.882. The number of pyridine rings is 1. The van der Waals surface area contributed by atoms with Crippen LogP contribution < -0.4 is 0 Å². The van der Waals surface area contributed by atoms with Gasteiger partial charge in [-0.1, -0.05) is 0 Å². The third-order valence-corrected chi connectivity index (χ3v) is 3.44. The molecule has 18 heavy (non-hydrogen) atoms. The lowest BCUT2D eigenvalue weighted by Gasteiger charge is -2.14. The lowest BCUT2D eigenvalue weighted by atomic mass is 9.93. The first-order valence-electron chi connectivity index (χ1n) is 5.87. The standard InChI is InChI=1S/C13H17N3O2/c1-6-10(7(2)13(17)18)8(3)14-12-11(6)9(4)15-16(12)5/h7H,1-5H3,(H,17,18). The van der Waals surface area contributed by atoms with Gasteiger partial charge in [0.25, 0.3) is 0 Å². The Morgan fingerprint density at radius 1 is 1.28 bits per heavy atom. The topological polar surface area (TPSA) is 68.0 Å². The molecule has 0 fully saturated rings. The molecule has 0 spiro atoms. The van der Waals surface area contributed by atoms with Crippen molar-refractivity contribution >= 4 is 17.0 Å². The molecule has 0 saturated carbocycles. The van der Waals surface area contributed by atoms with Gasteiger partial charge in [-0.3, -0.25) is 9.48 Å². The second-order valence-corrected chi connectivity index (χ2v) is 4.70. The Bertz CT molecular complexity index is 643. The van der Waals surface area contributed by atoms with Gasteiger partial charge in [-0.05, 0) is 38.8 Å². The number of carbonyl (C=O) groups is 1. The fraction of sp³-hybridized carbons (Fsp3) is 0.462. The minimum Gasteiger partial charge on any atom is -0.481 e. The van der Waals surface area contributed by atoms with E-state index in [0.717, 1.165) is 33.5 Å². The number of aryl methyl sites for hydroxylation is 4. The molecule has 0 aliphatic rings. The van der Waals surface area contributed by atoms with Crippen molar-refractivity contribution in [2.24, 2.45) is 7.05 Å². The first-order valence-corrected chi connectivity index (χ1v) is 5.87. The Morgan fingerprint density at radius 3 is 2.44 bits per heavy atom. The molecule has 0 radical (unpaired) electrons. The minimum atomic E-state index is -0.830. The van der Waals surface area contributed by atoms with Crippen molar-refractivity contribution in [1.82, 2.24) is 14.8 Å². The summed E-state index contributed by atoms with van der Waals surface area (Å²) >= 11 is 0. The summed E-state index contributed by atoms with van der Waals surface area (Å²) in [4.78, 5) is 15.7. The highest BCUT2D eigenvalue weighted by Gasteiger charge is 2.23. The van der Waals surface area contributed by atoms with Crippen molar-refractivity contribution in [3.63, 3.8) is 0 Å². The SMILES string of the molecule is Cc1nc2c(c(C)nn2C)c(C)c1C(C)C(=O)O. The van der Waals surface area contributed by atoms with Gasteiger partial charge >= 0.3 is 5.97 Å². The third-order valence-electron chi connectivity index (χ3n) is 3.44. The molecule has 0 bridgehead atoms. The smallest absolute Gasteiger partial charge is 0.310 e. The van der Waals surface area contributed by atoms with Gasteiger partial charge in [0, 0.05) is 18.1 Å². The Hall–Kier alpha value is -1.91. The van der Waals surface area contributed by atoms with Crippen LogP contribution in [0.5, 0.6) is 0 Å². The predicted molar refractivity (Wildman–Crippen MR) is 68.8 cm³/mol. The van der Waals surface area contributed by atoms with Crippen molar-refractivity contribution in [1.29, 1.82) is 0 Å². The molecule has 0 aliphatic heterocycles. The lowest BCUT2D eigenvalue weighted by molar-refractivity contribution is -0.138. The maximum Gasteiger partial charge on any atom is 0.310 e. The van der Waals surface area contributed by atoms with Crippen molar-refractivity contribution in [2.45, 2.75) is 33.6 Å². The van der Waals surface area contributed by atoms with E-state index in [4.69, 9.17) is 0 Å². The molecule has 2 heterocycles. The monoisotopic (exact) mass is 247 g/mol. The van der Waals surface area contributed by atoms with E-state index in [1.54, 1.807) is 11.6 Å². The number of aliphatic carboxylic acids is 1. The average molecular weight is 247 g/mol. The van der Waals surface area contributed by atoms with Crippen LogP contribution in [0.15, 0.2) is 0 Å². The first kappa shape index (κ1) is 12.5. The summed E-state index contributed by atoms with van der Waals surface area (Å²) < 4.78 is 1.74. The number of fused-ring (bicyclic) bond motifs is 1. The molecule has 0 saturated heterocycles. The third kappa shape index (κ3) is 1.66. The Balaban J connectivity index is 2.84. The van der Waals surface area contributed by atoms with Crippen molar-refractivity contribution in [2.75, 3.05) is 0 Å². The highest BCUT2D eigenvalue weighted by molar-refractivity contribution is 5.86. The van der Waals surface area contributed by atoms with E-state index in [1.807, 2.05) is 27.8 Å². The Labute approximate surface area is 105 Å². The molecule has 96 valence electrons. The van der Waals surface area contributed by atoms with Gasteiger partial charge in [-0.15, -0.1) is 0 Å². The molecule has 1 N–H and O–H groups in total. The van der Waals surface area contributed by atoms with Crippen LogP contribution in [0.25, 0.3) is 11.0 Å². The van der Waals surface area contributed by atoms with Gasteiger partial charge < -0.3 is 5.11 Å². The highest BCUT2D eigenvalue weighted by atomic mass is 16.4. The second-order valence-electron chi connectivity index (χ2n) is 4.70. The van der Waals surface area contributed by atoms with Crippen LogP contribution in [-0.4, -0.2) is 25.8 Å². The summed E-state index contributed by atoms with van der Waals surface area (Å²) in [6.45, 7) is 7.41. The zero-order valence-corrected chi connectivity index (χ0v) is 11.3. The predicted octanol–water partition coefficient (Wildman–Crippen LogP) is 2.08. The summed E-state index contributed by atoms with van der Waals surface area (Å²) in [6.07, 6.45) is 0. The molecule has 5 heteroatoms. The van der Waals surface area contributed by atoms with Crippen LogP contribution in [-0.2, 0) is 11.8 Å². The number of rotatable bonds is 2. The zero-order valence-electron chi connectivity index (χ0n) is 11.3. The molecule has 0 amide bonds. The van der Waals surface area contributed by atoms with Crippen LogP contribution >= 0.6 is 0 Å². The number of nitrogens with zero attached hydrogens (tertiary/aromatic N) is 3. The number of hydrogen-bond donors (Lipinski definition) is 1. The van der Waals surface area contributed by atoms with Crippen molar-refractivity contribution < 1.29 is 9.90 Å². The molecule has 2 aromatic rings. The molecule has 0 aliphatic carbocycles. The molecule has 1 unspecified atom stereocenters. The van der Waals surface area contributed by atoms with E-state index in [1.165, 1.54) is 0 Å². The fourth-order valence-corrected chi connectivity index (χ4v) is 2.60. The van der Waals surface area contributed by atoms with Crippen LogP contribution in [0.4, 0.5) is 0 Å². The summed E-state index contributed by atoms with van der Waals surface area (Å²) in [5, 5.41) is 14.5. The van der Waals surface area contributed by atoms with Crippen LogP contribution in [0.1, 0.15) is 35.4 Å². The molecule has 2 aromatic heterocycles.